The summed E-state index contributed by atoms with van der Waals surface area (Å²) in [6.45, 7) is 3.72. The van der Waals surface area contributed by atoms with Crippen LogP contribution in [0.25, 0.3) is 0 Å². The molecule has 0 amide bonds. The van der Waals surface area contributed by atoms with Gasteiger partial charge in [-0.3, -0.25) is 0 Å². The van der Waals surface area contributed by atoms with Crippen molar-refractivity contribution >= 4 is 0 Å². The minimum atomic E-state index is 0.427. The highest BCUT2D eigenvalue weighted by Crippen LogP contribution is 2.46. The van der Waals surface area contributed by atoms with Crippen molar-refractivity contribution in [3.8, 4) is 0 Å². The summed E-state index contributed by atoms with van der Waals surface area (Å²) in [5.74, 6) is 1.46. The summed E-state index contributed by atoms with van der Waals surface area (Å²) in [6, 6.07) is 10.6. The lowest BCUT2D eigenvalue weighted by atomic mass is 9.85. The van der Waals surface area contributed by atoms with Crippen molar-refractivity contribution < 1.29 is 9.47 Å². The number of rotatable bonds is 6. The van der Waals surface area contributed by atoms with Crippen LogP contribution in [0.15, 0.2) is 30.3 Å². The van der Waals surface area contributed by atoms with Crippen molar-refractivity contribution in [3.63, 3.8) is 0 Å². The van der Waals surface area contributed by atoms with Gasteiger partial charge in [-0.15, -0.1) is 0 Å². The molecule has 0 saturated heterocycles. The third kappa shape index (κ3) is 4.33. The molecule has 3 rings (SSSR count). The highest BCUT2D eigenvalue weighted by Gasteiger charge is 2.46. The van der Waals surface area contributed by atoms with E-state index in [1.807, 2.05) is 0 Å². The van der Waals surface area contributed by atoms with Crippen molar-refractivity contribution in [1.29, 1.82) is 0 Å². The zero-order valence-electron chi connectivity index (χ0n) is 13.9. The topological polar surface area (TPSA) is 18.5 Å². The van der Waals surface area contributed by atoms with Gasteiger partial charge in [-0.1, -0.05) is 56.0 Å². The van der Waals surface area contributed by atoms with E-state index in [-0.39, 0.29) is 0 Å². The van der Waals surface area contributed by atoms with E-state index < -0.39 is 0 Å². The molecule has 0 aromatic heterocycles. The molecule has 0 N–H and O–H groups in total. The van der Waals surface area contributed by atoms with Crippen LogP contribution in [0.5, 0.6) is 0 Å². The molecule has 122 valence electrons. The average Bonchev–Trinajstić information content (AvgIpc) is 3.27. The minimum Gasteiger partial charge on any atom is -0.378 e. The molecule has 0 heterocycles. The summed E-state index contributed by atoms with van der Waals surface area (Å²) >= 11 is 0. The van der Waals surface area contributed by atoms with Gasteiger partial charge in [-0.2, -0.15) is 0 Å². The molecule has 2 aliphatic rings. The van der Waals surface area contributed by atoms with E-state index in [0.29, 0.717) is 18.1 Å². The van der Waals surface area contributed by atoms with Crippen molar-refractivity contribution in [2.45, 2.75) is 70.7 Å². The van der Waals surface area contributed by atoms with Gasteiger partial charge in [0.1, 0.15) is 0 Å². The standard InChI is InChI=1S/C20H30O2/c1-2-21-20-14-18(20)17-12-8-3-4-9-13-19(17)22-15-16-10-6-5-7-11-16/h5-7,10-11,17-20H,2-4,8-9,12-15H2,1H3. The molecule has 1 aromatic rings. The first-order valence-electron chi connectivity index (χ1n) is 9.15. The van der Waals surface area contributed by atoms with Crippen LogP contribution in [0, 0.1) is 11.8 Å². The van der Waals surface area contributed by atoms with Gasteiger partial charge in [-0.05, 0) is 43.6 Å². The molecule has 4 unspecified atom stereocenters. The van der Waals surface area contributed by atoms with Gasteiger partial charge in [0.15, 0.2) is 0 Å². The summed E-state index contributed by atoms with van der Waals surface area (Å²) in [7, 11) is 0. The van der Waals surface area contributed by atoms with Crippen molar-refractivity contribution in [2.24, 2.45) is 11.8 Å². The molecule has 2 aliphatic carbocycles. The fraction of sp³-hybridized carbons (Fsp3) is 0.700. The third-order valence-electron chi connectivity index (χ3n) is 5.27. The Morgan fingerprint density at radius 3 is 2.41 bits per heavy atom. The van der Waals surface area contributed by atoms with E-state index in [4.69, 9.17) is 9.47 Å². The molecular formula is C20H30O2. The van der Waals surface area contributed by atoms with E-state index in [9.17, 15) is 0 Å². The summed E-state index contributed by atoms with van der Waals surface area (Å²) in [5, 5.41) is 0. The predicted molar refractivity (Wildman–Crippen MR) is 89.7 cm³/mol. The van der Waals surface area contributed by atoms with E-state index in [2.05, 4.69) is 37.3 Å². The third-order valence-corrected chi connectivity index (χ3v) is 5.27. The fourth-order valence-corrected chi connectivity index (χ4v) is 4.00. The first-order chi connectivity index (χ1) is 10.9. The van der Waals surface area contributed by atoms with Gasteiger partial charge < -0.3 is 9.47 Å². The molecule has 2 heteroatoms. The van der Waals surface area contributed by atoms with Gasteiger partial charge in [0.05, 0.1) is 18.8 Å². The lowest BCUT2D eigenvalue weighted by molar-refractivity contribution is -0.0264. The zero-order valence-corrected chi connectivity index (χ0v) is 13.9. The van der Waals surface area contributed by atoms with Crippen LogP contribution in [0.3, 0.4) is 0 Å². The number of benzene rings is 1. The van der Waals surface area contributed by atoms with Crippen LogP contribution in [-0.2, 0) is 16.1 Å². The monoisotopic (exact) mass is 302 g/mol. The Morgan fingerprint density at radius 2 is 1.64 bits per heavy atom. The van der Waals surface area contributed by atoms with Gasteiger partial charge in [-0.25, -0.2) is 0 Å². The van der Waals surface area contributed by atoms with Gasteiger partial charge in [0, 0.05) is 6.61 Å². The molecule has 2 saturated carbocycles. The van der Waals surface area contributed by atoms with Crippen molar-refractivity contribution in [2.75, 3.05) is 6.61 Å². The van der Waals surface area contributed by atoms with E-state index in [1.165, 1.54) is 50.5 Å². The smallest absolute Gasteiger partial charge is 0.0720 e. The molecular weight excluding hydrogens is 272 g/mol. The molecule has 1 aromatic carbocycles. The van der Waals surface area contributed by atoms with Crippen LogP contribution in [0.1, 0.15) is 57.4 Å². The van der Waals surface area contributed by atoms with Crippen LogP contribution in [0.2, 0.25) is 0 Å². The first kappa shape index (κ1) is 16.0. The highest BCUT2D eigenvalue weighted by atomic mass is 16.5. The zero-order chi connectivity index (χ0) is 15.2. The lowest BCUT2D eigenvalue weighted by Crippen LogP contribution is -2.28. The van der Waals surface area contributed by atoms with Gasteiger partial charge >= 0.3 is 0 Å². The Hall–Kier alpha value is -0.860. The van der Waals surface area contributed by atoms with Crippen molar-refractivity contribution in [3.05, 3.63) is 35.9 Å². The lowest BCUT2D eigenvalue weighted by Gasteiger charge is -2.30. The average molecular weight is 302 g/mol. The van der Waals surface area contributed by atoms with Crippen LogP contribution >= 0.6 is 0 Å². The summed E-state index contributed by atoms with van der Waals surface area (Å²) in [5.41, 5.74) is 1.29. The maximum atomic E-state index is 6.39. The number of hydrogen-bond acceptors (Lipinski definition) is 2. The second-order valence-corrected chi connectivity index (χ2v) is 6.88. The Labute approximate surface area is 135 Å². The number of ether oxygens (including phenoxy) is 2. The second kappa shape index (κ2) is 8.12. The molecule has 2 nitrogen and oxygen atoms in total. The van der Waals surface area contributed by atoms with Crippen LogP contribution < -0.4 is 0 Å². The SMILES string of the molecule is CCOC1CC1C1CCCCCCC1OCc1ccccc1. The maximum absolute atomic E-state index is 6.39. The van der Waals surface area contributed by atoms with E-state index in [0.717, 1.165) is 19.1 Å². The first-order valence-corrected chi connectivity index (χ1v) is 9.15. The maximum Gasteiger partial charge on any atom is 0.0720 e. The van der Waals surface area contributed by atoms with Gasteiger partial charge in [0.2, 0.25) is 0 Å². The predicted octanol–water partition coefficient (Wildman–Crippen LogP) is 4.97. The molecule has 22 heavy (non-hydrogen) atoms. The van der Waals surface area contributed by atoms with Gasteiger partial charge in [0.25, 0.3) is 0 Å². The molecule has 0 radical (unpaired) electrons. The molecule has 4 atom stereocenters. The summed E-state index contributed by atoms with van der Waals surface area (Å²) < 4.78 is 12.2. The van der Waals surface area contributed by atoms with E-state index in [1.54, 1.807) is 0 Å². The second-order valence-electron chi connectivity index (χ2n) is 6.88. The van der Waals surface area contributed by atoms with E-state index >= 15 is 0 Å². The number of hydrogen-bond donors (Lipinski definition) is 0. The summed E-state index contributed by atoms with van der Waals surface area (Å²) in [4.78, 5) is 0. The highest BCUT2D eigenvalue weighted by molar-refractivity contribution is 5.13. The molecule has 2 fully saturated rings. The normalized spacial score (nSPS) is 32.2. The largest absolute Gasteiger partial charge is 0.378 e. The molecule has 0 spiro atoms. The Morgan fingerprint density at radius 1 is 0.864 bits per heavy atom. The molecule has 0 aliphatic heterocycles. The quantitative estimate of drug-likeness (QED) is 0.739. The van der Waals surface area contributed by atoms with Crippen LogP contribution in [0.4, 0.5) is 0 Å². The molecule has 0 bridgehead atoms. The minimum absolute atomic E-state index is 0.427. The van der Waals surface area contributed by atoms with Crippen molar-refractivity contribution in [1.82, 2.24) is 0 Å². The summed E-state index contributed by atoms with van der Waals surface area (Å²) in [6.07, 6.45) is 10.2. The Balaban J connectivity index is 1.59. The fourth-order valence-electron chi connectivity index (χ4n) is 4.00. The Kier molecular flexibility index (Phi) is 5.91. The van der Waals surface area contributed by atoms with Crippen LogP contribution in [-0.4, -0.2) is 18.8 Å². The Bertz CT molecular complexity index is 431.